The van der Waals surface area contributed by atoms with E-state index in [9.17, 15) is 10.1 Å². The van der Waals surface area contributed by atoms with Gasteiger partial charge in [-0.05, 0) is 42.5 Å². The van der Waals surface area contributed by atoms with Gasteiger partial charge in [0.05, 0.1) is 27.2 Å². The predicted molar refractivity (Wildman–Crippen MR) is 106 cm³/mol. The normalized spacial score (nSPS) is 11.5. The van der Waals surface area contributed by atoms with E-state index in [1.807, 2.05) is 24.3 Å². The molecule has 6 nitrogen and oxygen atoms in total. The number of nitrogens with one attached hydrogen (secondary N) is 1. The summed E-state index contributed by atoms with van der Waals surface area (Å²) in [6, 6.07) is 17.3. The van der Waals surface area contributed by atoms with E-state index in [-0.39, 0.29) is 5.56 Å². The molecule has 28 heavy (non-hydrogen) atoms. The highest BCUT2D eigenvalue weighted by atomic mass is 35.5. The van der Waals surface area contributed by atoms with E-state index in [1.54, 1.807) is 18.2 Å². The number of furan rings is 1. The number of carbonyl (C=O) groups is 1. The Balaban J connectivity index is 1.71. The number of benzene rings is 2. The summed E-state index contributed by atoms with van der Waals surface area (Å²) in [4.78, 5) is 18.7. The van der Waals surface area contributed by atoms with Gasteiger partial charge in [-0.3, -0.25) is 0 Å². The molecule has 136 valence electrons. The van der Waals surface area contributed by atoms with Crippen molar-refractivity contribution in [2.75, 3.05) is 0 Å². The number of aromatic amines is 1. The van der Waals surface area contributed by atoms with Crippen molar-refractivity contribution in [3.05, 3.63) is 76.8 Å². The van der Waals surface area contributed by atoms with Crippen molar-refractivity contribution >= 4 is 40.3 Å². The van der Waals surface area contributed by atoms with Gasteiger partial charge in [0.25, 0.3) is 0 Å². The minimum atomic E-state index is -1.05. The molecular weight excluding hydrogens is 378 g/mol. The predicted octanol–water partition coefficient (Wildman–Crippen LogP) is 5.24. The van der Waals surface area contributed by atoms with Gasteiger partial charge in [-0.2, -0.15) is 5.26 Å². The lowest BCUT2D eigenvalue weighted by atomic mass is 10.1. The maximum absolute atomic E-state index is 11.2. The number of H-pyrrole nitrogens is 1. The molecule has 2 heterocycles. The summed E-state index contributed by atoms with van der Waals surface area (Å²) in [6.45, 7) is 0. The lowest BCUT2D eigenvalue weighted by molar-refractivity contribution is 0.0697. The van der Waals surface area contributed by atoms with Crippen LogP contribution in [0.2, 0.25) is 5.02 Å². The monoisotopic (exact) mass is 389 g/mol. The molecule has 0 saturated carbocycles. The van der Waals surface area contributed by atoms with Crippen LogP contribution < -0.4 is 0 Å². The Labute approximate surface area is 164 Å². The van der Waals surface area contributed by atoms with Crippen molar-refractivity contribution < 1.29 is 14.3 Å². The van der Waals surface area contributed by atoms with Crippen LogP contribution in [0.1, 0.15) is 21.9 Å². The third-order valence-corrected chi connectivity index (χ3v) is 4.49. The number of allylic oxidation sites excluding steroid dienone is 1. The maximum Gasteiger partial charge on any atom is 0.335 e. The Morgan fingerprint density at radius 2 is 2.04 bits per heavy atom. The first kappa shape index (κ1) is 17.6. The molecule has 0 amide bonds. The molecule has 0 saturated heterocycles. The minimum absolute atomic E-state index is 0.105. The van der Waals surface area contributed by atoms with Crippen molar-refractivity contribution in [1.29, 1.82) is 5.26 Å². The highest BCUT2D eigenvalue weighted by Gasteiger charge is 2.13. The number of hydrogen-bond acceptors (Lipinski definition) is 4. The largest absolute Gasteiger partial charge is 0.478 e. The number of nitriles is 1. The Morgan fingerprint density at radius 3 is 2.79 bits per heavy atom. The van der Waals surface area contributed by atoms with Crippen LogP contribution in [0.25, 0.3) is 34.0 Å². The number of carboxylic acids is 1. The summed E-state index contributed by atoms with van der Waals surface area (Å²) in [6.07, 6.45) is 1.57. The Hall–Kier alpha value is -3.82. The Kier molecular flexibility index (Phi) is 4.44. The van der Waals surface area contributed by atoms with Crippen LogP contribution in [0.3, 0.4) is 0 Å². The molecular formula is C21H12ClN3O3. The smallest absolute Gasteiger partial charge is 0.335 e. The van der Waals surface area contributed by atoms with Gasteiger partial charge in [-0.1, -0.05) is 23.7 Å². The van der Waals surface area contributed by atoms with Gasteiger partial charge in [0.15, 0.2) is 0 Å². The van der Waals surface area contributed by atoms with Gasteiger partial charge in [0.1, 0.15) is 23.4 Å². The summed E-state index contributed by atoms with van der Waals surface area (Å²) in [7, 11) is 0. The second kappa shape index (κ2) is 7.06. The molecule has 0 aliphatic heterocycles. The number of imidazole rings is 1. The van der Waals surface area contributed by atoms with E-state index in [0.29, 0.717) is 33.5 Å². The van der Waals surface area contributed by atoms with Crippen molar-refractivity contribution in [3.8, 4) is 17.4 Å². The van der Waals surface area contributed by atoms with Crippen molar-refractivity contribution in [2.45, 2.75) is 0 Å². The third kappa shape index (κ3) is 3.27. The van der Waals surface area contributed by atoms with Crippen LogP contribution in [-0.4, -0.2) is 21.0 Å². The Morgan fingerprint density at radius 1 is 1.21 bits per heavy atom. The van der Waals surface area contributed by atoms with Crippen LogP contribution >= 0.6 is 11.6 Å². The molecule has 7 heteroatoms. The second-order valence-corrected chi connectivity index (χ2v) is 6.38. The molecule has 2 N–H and O–H groups in total. The molecule has 0 spiro atoms. The van der Waals surface area contributed by atoms with Crippen LogP contribution in [0, 0.1) is 11.3 Å². The first-order valence-corrected chi connectivity index (χ1v) is 8.63. The van der Waals surface area contributed by atoms with Crippen LogP contribution in [-0.2, 0) is 0 Å². The Bertz CT molecular complexity index is 1240. The van der Waals surface area contributed by atoms with Crippen molar-refractivity contribution in [1.82, 2.24) is 9.97 Å². The zero-order valence-electron chi connectivity index (χ0n) is 14.3. The van der Waals surface area contributed by atoms with Gasteiger partial charge < -0.3 is 14.5 Å². The standard InChI is InChI=1S/C21H12ClN3O3/c22-16-7-5-12(21(26)27)10-15(16)19-8-6-14(28-19)9-13(11-23)20-24-17-3-1-2-4-18(17)25-20/h1-10H,(H,24,25)(H,26,27). The van der Waals surface area contributed by atoms with Crippen LogP contribution in [0.4, 0.5) is 0 Å². The number of aromatic carboxylic acids is 1. The molecule has 0 fully saturated rings. The zero-order valence-corrected chi connectivity index (χ0v) is 15.1. The molecule has 4 aromatic rings. The van der Waals surface area contributed by atoms with Gasteiger partial charge in [0.2, 0.25) is 0 Å². The second-order valence-electron chi connectivity index (χ2n) is 5.97. The van der Waals surface area contributed by atoms with E-state index in [0.717, 1.165) is 11.0 Å². The number of fused-ring (bicyclic) bond motifs is 1. The minimum Gasteiger partial charge on any atom is -0.478 e. The number of para-hydroxylation sites is 2. The topological polar surface area (TPSA) is 103 Å². The molecule has 0 radical (unpaired) electrons. The van der Waals surface area contributed by atoms with Gasteiger partial charge in [0, 0.05) is 11.6 Å². The third-order valence-electron chi connectivity index (χ3n) is 4.16. The molecule has 0 unspecified atom stereocenters. The fraction of sp³-hybridized carbons (Fsp3) is 0. The van der Waals surface area contributed by atoms with E-state index in [2.05, 4.69) is 16.0 Å². The fourth-order valence-electron chi connectivity index (χ4n) is 2.80. The highest BCUT2D eigenvalue weighted by molar-refractivity contribution is 6.33. The molecule has 4 rings (SSSR count). The summed E-state index contributed by atoms with van der Waals surface area (Å²) >= 11 is 6.18. The fourth-order valence-corrected chi connectivity index (χ4v) is 3.01. The molecule has 2 aromatic carbocycles. The summed E-state index contributed by atoms with van der Waals surface area (Å²) in [5, 5.41) is 19.1. The van der Waals surface area contributed by atoms with E-state index in [4.69, 9.17) is 21.1 Å². The molecule has 0 aliphatic rings. The average molecular weight is 390 g/mol. The van der Waals surface area contributed by atoms with Gasteiger partial charge >= 0.3 is 5.97 Å². The van der Waals surface area contributed by atoms with Crippen LogP contribution in [0.15, 0.2) is 59.0 Å². The molecule has 0 bridgehead atoms. The molecule has 0 atom stereocenters. The SMILES string of the molecule is N#CC(=Cc1ccc(-c2cc(C(=O)O)ccc2Cl)o1)c1nc2ccccc2[nH]1. The highest BCUT2D eigenvalue weighted by Crippen LogP contribution is 2.31. The number of nitrogens with zero attached hydrogens (tertiary/aromatic N) is 2. The number of carboxylic acid groups (broad SMARTS) is 1. The zero-order chi connectivity index (χ0) is 19.7. The first-order chi connectivity index (χ1) is 13.5. The molecule has 0 aliphatic carbocycles. The summed E-state index contributed by atoms with van der Waals surface area (Å²) < 4.78 is 5.77. The lowest BCUT2D eigenvalue weighted by Crippen LogP contribution is -1.96. The summed E-state index contributed by atoms with van der Waals surface area (Å²) in [5.74, 6) is 0.207. The van der Waals surface area contributed by atoms with Gasteiger partial charge in [-0.25, -0.2) is 9.78 Å². The van der Waals surface area contributed by atoms with E-state index < -0.39 is 5.97 Å². The first-order valence-electron chi connectivity index (χ1n) is 8.25. The number of rotatable bonds is 4. The number of halogens is 1. The average Bonchev–Trinajstić information content (AvgIpc) is 3.33. The number of hydrogen-bond donors (Lipinski definition) is 2. The van der Waals surface area contributed by atoms with Crippen LogP contribution in [0.5, 0.6) is 0 Å². The van der Waals surface area contributed by atoms with E-state index >= 15 is 0 Å². The van der Waals surface area contributed by atoms with Gasteiger partial charge in [-0.15, -0.1) is 0 Å². The van der Waals surface area contributed by atoms with E-state index in [1.165, 1.54) is 18.2 Å². The van der Waals surface area contributed by atoms with Crippen molar-refractivity contribution in [3.63, 3.8) is 0 Å². The lowest BCUT2D eigenvalue weighted by Gasteiger charge is -2.02. The maximum atomic E-state index is 11.2. The molecule has 2 aromatic heterocycles. The van der Waals surface area contributed by atoms with Crippen molar-refractivity contribution in [2.24, 2.45) is 0 Å². The number of aromatic nitrogens is 2. The quantitative estimate of drug-likeness (QED) is 0.464. The summed E-state index contributed by atoms with van der Waals surface area (Å²) in [5.41, 5.74) is 2.46.